The van der Waals surface area contributed by atoms with Gasteiger partial charge in [-0.05, 0) is 31.2 Å². The Balaban J connectivity index is 1.99. The van der Waals surface area contributed by atoms with E-state index in [2.05, 4.69) is 15.3 Å². The molecule has 0 amide bonds. The number of alkyl halides is 3. The van der Waals surface area contributed by atoms with Gasteiger partial charge in [0, 0.05) is 18.8 Å². The number of hydrogen-bond donors (Lipinski definition) is 1. The highest BCUT2D eigenvalue weighted by Crippen LogP contribution is 2.28. The summed E-state index contributed by atoms with van der Waals surface area (Å²) in [5, 5.41) is 11.9. The maximum atomic E-state index is 12.4. The average Bonchev–Trinajstić information content (AvgIpc) is 2.52. The van der Waals surface area contributed by atoms with E-state index in [4.69, 9.17) is 5.26 Å². The fraction of sp³-hybridized carbons (Fsp3) is 0.267. The van der Waals surface area contributed by atoms with Gasteiger partial charge in [0.2, 0.25) is 0 Å². The zero-order valence-electron chi connectivity index (χ0n) is 11.7. The lowest BCUT2D eigenvalue weighted by Crippen LogP contribution is -2.20. The third-order valence-electron chi connectivity index (χ3n) is 3.07. The molecule has 0 saturated heterocycles. The van der Waals surface area contributed by atoms with Crippen LogP contribution in [0.25, 0.3) is 0 Å². The minimum absolute atomic E-state index is 0.155. The molecular formula is C15H13F3N4. The van der Waals surface area contributed by atoms with E-state index in [1.54, 1.807) is 18.2 Å². The molecule has 0 bridgehead atoms. The molecule has 1 unspecified atom stereocenters. The Bertz CT molecular complexity index is 674. The number of pyridine rings is 2. The van der Waals surface area contributed by atoms with Gasteiger partial charge < -0.3 is 5.32 Å². The lowest BCUT2D eigenvalue weighted by atomic mass is 10.2. The SMILES string of the molecule is CC(NCc1ccc(C(F)(F)F)cn1)c1cccc(C#N)n1. The number of halogens is 3. The number of hydrogen-bond acceptors (Lipinski definition) is 4. The van der Waals surface area contributed by atoms with Crippen molar-refractivity contribution in [2.75, 3.05) is 0 Å². The Morgan fingerprint density at radius 2 is 2.05 bits per heavy atom. The number of rotatable bonds is 4. The summed E-state index contributed by atoms with van der Waals surface area (Å²) in [4.78, 5) is 7.95. The molecule has 2 heterocycles. The van der Waals surface area contributed by atoms with Gasteiger partial charge in [-0.15, -0.1) is 0 Å². The predicted octanol–water partition coefficient (Wildman–Crippen LogP) is 3.22. The van der Waals surface area contributed by atoms with Gasteiger partial charge in [-0.1, -0.05) is 6.07 Å². The van der Waals surface area contributed by atoms with Gasteiger partial charge >= 0.3 is 6.18 Å². The smallest absolute Gasteiger partial charge is 0.303 e. The van der Waals surface area contributed by atoms with E-state index in [0.717, 1.165) is 12.3 Å². The molecule has 0 aromatic carbocycles. The van der Waals surface area contributed by atoms with Gasteiger partial charge in [0.15, 0.2) is 0 Å². The van der Waals surface area contributed by atoms with Gasteiger partial charge in [0.05, 0.1) is 17.0 Å². The first-order chi connectivity index (χ1) is 10.4. The van der Waals surface area contributed by atoms with Crippen molar-refractivity contribution in [2.24, 2.45) is 0 Å². The first kappa shape index (κ1) is 15.9. The maximum absolute atomic E-state index is 12.4. The summed E-state index contributed by atoms with van der Waals surface area (Å²) in [6.07, 6.45) is -3.57. The lowest BCUT2D eigenvalue weighted by Gasteiger charge is -2.13. The molecule has 7 heteroatoms. The summed E-state index contributed by atoms with van der Waals surface area (Å²) in [6, 6.07) is 9.25. The minimum atomic E-state index is -4.38. The van der Waals surface area contributed by atoms with Crippen LogP contribution < -0.4 is 5.32 Å². The summed E-state index contributed by atoms with van der Waals surface area (Å²) in [5.74, 6) is 0. The topological polar surface area (TPSA) is 61.6 Å². The molecule has 4 nitrogen and oxygen atoms in total. The third kappa shape index (κ3) is 4.02. The molecule has 0 fully saturated rings. The highest BCUT2D eigenvalue weighted by atomic mass is 19.4. The fourth-order valence-electron chi connectivity index (χ4n) is 1.81. The number of nitrogens with zero attached hydrogens (tertiary/aromatic N) is 3. The van der Waals surface area contributed by atoms with Crippen LogP contribution in [0.1, 0.15) is 35.6 Å². The van der Waals surface area contributed by atoms with E-state index >= 15 is 0 Å². The molecule has 0 aliphatic carbocycles. The fourth-order valence-corrected chi connectivity index (χ4v) is 1.81. The van der Waals surface area contributed by atoms with Crippen molar-refractivity contribution in [1.29, 1.82) is 5.26 Å². The second kappa shape index (κ2) is 6.54. The van der Waals surface area contributed by atoms with Crippen molar-refractivity contribution in [3.05, 3.63) is 59.2 Å². The van der Waals surface area contributed by atoms with Crippen LogP contribution in [0.2, 0.25) is 0 Å². The Hall–Kier alpha value is -2.46. The van der Waals surface area contributed by atoms with Gasteiger partial charge in [0.25, 0.3) is 0 Å². The van der Waals surface area contributed by atoms with Crippen LogP contribution in [0.3, 0.4) is 0 Å². The molecule has 0 aliphatic rings. The van der Waals surface area contributed by atoms with Crippen molar-refractivity contribution in [3.8, 4) is 6.07 Å². The standard InChI is InChI=1S/C15H13F3N4/c1-10(14-4-2-3-12(7-19)22-14)20-9-13-6-5-11(8-21-13)15(16,17)18/h2-6,8,10,20H,9H2,1H3. The maximum Gasteiger partial charge on any atom is 0.417 e. The summed E-state index contributed by atoms with van der Waals surface area (Å²) in [6.45, 7) is 2.16. The number of nitriles is 1. The number of nitrogens with one attached hydrogen (secondary N) is 1. The van der Waals surface area contributed by atoms with E-state index in [-0.39, 0.29) is 6.04 Å². The van der Waals surface area contributed by atoms with Crippen LogP contribution in [0.15, 0.2) is 36.5 Å². The Morgan fingerprint density at radius 1 is 1.27 bits per heavy atom. The molecule has 0 radical (unpaired) electrons. The lowest BCUT2D eigenvalue weighted by molar-refractivity contribution is -0.137. The molecule has 114 valence electrons. The molecule has 2 aromatic heterocycles. The quantitative estimate of drug-likeness (QED) is 0.942. The van der Waals surface area contributed by atoms with Crippen LogP contribution in [0.4, 0.5) is 13.2 Å². The molecule has 2 rings (SSSR count). The molecular weight excluding hydrogens is 293 g/mol. The normalized spacial score (nSPS) is 12.7. The Morgan fingerprint density at radius 3 is 2.64 bits per heavy atom. The molecule has 1 N–H and O–H groups in total. The minimum Gasteiger partial charge on any atom is -0.303 e. The monoisotopic (exact) mass is 306 g/mol. The summed E-state index contributed by atoms with van der Waals surface area (Å²) in [7, 11) is 0. The van der Waals surface area contributed by atoms with E-state index in [1.165, 1.54) is 6.07 Å². The van der Waals surface area contributed by atoms with E-state index in [9.17, 15) is 13.2 Å². The van der Waals surface area contributed by atoms with Crippen molar-refractivity contribution < 1.29 is 13.2 Å². The molecule has 1 atom stereocenters. The summed E-state index contributed by atoms with van der Waals surface area (Å²) in [5.41, 5.74) is 0.730. The van der Waals surface area contributed by atoms with Crippen molar-refractivity contribution in [1.82, 2.24) is 15.3 Å². The van der Waals surface area contributed by atoms with Gasteiger partial charge in [-0.25, -0.2) is 4.98 Å². The largest absolute Gasteiger partial charge is 0.417 e. The highest BCUT2D eigenvalue weighted by molar-refractivity contribution is 5.23. The first-order valence-electron chi connectivity index (χ1n) is 6.52. The zero-order valence-corrected chi connectivity index (χ0v) is 11.7. The molecule has 22 heavy (non-hydrogen) atoms. The molecule has 0 spiro atoms. The van der Waals surface area contributed by atoms with Crippen LogP contribution in [-0.4, -0.2) is 9.97 Å². The van der Waals surface area contributed by atoms with Crippen LogP contribution in [0, 0.1) is 11.3 Å². The van der Waals surface area contributed by atoms with Crippen LogP contribution in [0.5, 0.6) is 0 Å². The van der Waals surface area contributed by atoms with E-state index in [1.807, 2.05) is 13.0 Å². The summed E-state index contributed by atoms with van der Waals surface area (Å²) >= 11 is 0. The van der Waals surface area contributed by atoms with Crippen LogP contribution >= 0.6 is 0 Å². The van der Waals surface area contributed by atoms with Crippen molar-refractivity contribution in [3.63, 3.8) is 0 Å². The Kier molecular flexibility index (Phi) is 4.73. The molecule has 2 aromatic rings. The van der Waals surface area contributed by atoms with Crippen molar-refractivity contribution in [2.45, 2.75) is 25.7 Å². The Labute approximate surface area is 125 Å². The average molecular weight is 306 g/mol. The van der Waals surface area contributed by atoms with Crippen LogP contribution in [-0.2, 0) is 12.7 Å². The van der Waals surface area contributed by atoms with Crippen molar-refractivity contribution >= 4 is 0 Å². The van der Waals surface area contributed by atoms with E-state index in [0.29, 0.717) is 23.6 Å². The first-order valence-corrected chi connectivity index (χ1v) is 6.52. The molecule has 0 saturated carbocycles. The van der Waals surface area contributed by atoms with Gasteiger partial charge in [-0.2, -0.15) is 18.4 Å². The van der Waals surface area contributed by atoms with E-state index < -0.39 is 11.7 Å². The second-order valence-electron chi connectivity index (χ2n) is 4.70. The third-order valence-corrected chi connectivity index (χ3v) is 3.07. The summed E-state index contributed by atoms with van der Waals surface area (Å²) < 4.78 is 37.3. The highest BCUT2D eigenvalue weighted by Gasteiger charge is 2.30. The zero-order chi connectivity index (χ0) is 16.2. The predicted molar refractivity (Wildman–Crippen MR) is 73.4 cm³/mol. The van der Waals surface area contributed by atoms with Gasteiger partial charge in [-0.3, -0.25) is 4.98 Å². The molecule has 0 aliphatic heterocycles. The second-order valence-corrected chi connectivity index (χ2v) is 4.70. The number of aromatic nitrogens is 2. The van der Waals surface area contributed by atoms with Gasteiger partial charge in [0.1, 0.15) is 11.8 Å².